The van der Waals surface area contributed by atoms with Gasteiger partial charge in [-0.3, -0.25) is 19.6 Å². The number of piperidine rings is 1. The first kappa shape index (κ1) is 16.4. The monoisotopic (exact) mass is 318 g/mol. The average Bonchev–Trinajstić information content (AvgIpc) is 2.57. The summed E-state index contributed by atoms with van der Waals surface area (Å²) in [4.78, 5) is 21.0. The molecular formula is C17H26N4O2. The van der Waals surface area contributed by atoms with E-state index < -0.39 is 0 Å². The SMILES string of the molecule is O=C(CN1CCOCC1)NC1CCCN(Cc2cccnc2)C1. The zero-order valence-electron chi connectivity index (χ0n) is 13.6. The molecule has 6 nitrogen and oxygen atoms in total. The summed E-state index contributed by atoms with van der Waals surface area (Å²) in [6.07, 6.45) is 5.91. The van der Waals surface area contributed by atoms with Gasteiger partial charge in [0, 0.05) is 44.6 Å². The Hall–Kier alpha value is -1.50. The molecule has 1 aromatic rings. The van der Waals surface area contributed by atoms with Gasteiger partial charge in [-0.2, -0.15) is 0 Å². The largest absolute Gasteiger partial charge is 0.379 e. The second kappa shape index (κ2) is 8.38. The van der Waals surface area contributed by atoms with E-state index in [1.165, 1.54) is 5.56 Å². The standard InChI is InChI=1S/C17H26N4O2/c22-17(14-20-7-9-23-10-8-20)19-16-4-2-6-21(13-16)12-15-3-1-5-18-11-15/h1,3,5,11,16H,2,4,6-10,12-14H2,(H,19,22). The van der Waals surface area contributed by atoms with Crippen molar-refractivity contribution < 1.29 is 9.53 Å². The Morgan fingerprint density at radius 3 is 2.96 bits per heavy atom. The lowest BCUT2D eigenvalue weighted by Crippen LogP contribution is -2.50. The zero-order valence-corrected chi connectivity index (χ0v) is 13.6. The molecular weight excluding hydrogens is 292 g/mol. The third-order valence-electron chi connectivity index (χ3n) is 4.47. The van der Waals surface area contributed by atoms with E-state index in [2.05, 4.69) is 26.2 Å². The summed E-state index contributed by atoms with van der Waals surface area (Å²) in [5.41, 5.74) is 1.23. The third kappa shape index (κ3) is 5.27. The number of carbonyl (C=O) groups excluding carboxylic acids is 1. The number of nitrogens with zero attached hydrogens (tertiary/aromatic N) is 3. The van der Waals surface area contributed by atoms with Crippen LogP contribution in [0.25, 0.3) is 0 Å². The normalized spacial score (nSPS) is 23.6. The molecule has 126 valence electrons. The molecule has 0 saturated carbocycles. The highest BCUT2D eigenvalue weighted by molar-refractivity contribution is 5.78. The highest BCUT2D eigenvalue weighted by Crippen LogP contribution is 2.13. The number of hydrogen-bond donors (Lipinski definition) is 1. The van der Waals surface area contributed by atoms with E-state index in [1.54, 1.807) is 6.20 Å². The maximum absolute atomic E-state index is 12.2. The second-order valence-electron chi connectivity index (χ2n) is 6.39. The van der Waals surface area contributed by atoms with Crippen molar-refractivity contribution in [3.63, 3.8) is 0 Å². The number of amides is 1. The molecule has 0 spiro atoms. The van der Waals surface area contributed by atoms with Gasteiger partial charge in [0.25, 0.3) is 0 Å². The van der Waals surface area contributed by atoms with Crippen LogP contribution < -0.4 is 5.32 Å². The van der Waals surface area contributed by atoms with Gasteiger partial charge in [0.15, 0.2) is 0 Å². The van der Waals surface area contributed by atoms with Crippen LogP contribution in [0.1, 0.15) is 18.4 Å². The summed E-state index contributed by atoms with van der Waals surface area (Å²) in [5.74, 6) is 0.139. The molecule has 1 unspecified atom stereocenters. The topological polar surface area (TPSA) is 57.7 Å². The van der Waals surface area contributed by atoms with Crippen molar-refractivity contribution in [3.8, 4) is 0 Å². The van der Waals surface area contributed by atoms with E-state index in [0.717, 1.165) is 58.8 Å². The molecule has 1 atom stereocenters. The molecule has 2 fully saturated rings. The molecule has 0 aromatic carbocycles. The minimum atomic E-state index is 0.139. The molecule has 1 aromatic heterocycles. The van der Waals surface area contributed by atoms with Crippen LogP contribution in [-0.2, 0) is 16.1 Å². The molecule has 2 aliphatic rings. The van der Waals surface area contributed by atoms with Crippen LogP contribution in [0.2, 0.25) is 0 Å². The summed E-state index contributed by atoms with van der Waals surface area (Å²) in [6, 6.07) is 4.34. The van der Waals surface area contributed by atoms with Gasteiger partial charge in [-0.05, 0) is 31.0 Å². The van der Waals surface area contributed by atoms with Crippen LogP contribution in [0.3, 0.4) is 0 Å². The predicted octanol–water partition coefficient (Wildman–Crippen LogP) is 0.494. The fraction of sp³-hybridized carbons (Fsp3) is 0.647. The fourth-order valence-electron chi connectivity index (χ4n) is 3.30. The Morgan fingerprint density at radius 1 is 1.30 bits per heavy atom. The van der Waals surface area contributed by atoms with Crippen molar-refractivity contribution in [2.45, 2.75) is 25.4 Å². The maximum Gasteiger partial charge on any atom is 0.234 e. The van der Waals surface area contributed by atoms with E-state index in [4.69, 9.17) is 4.74 Å². The maximum atomic E-state index is 12.2. The van der Waals surface area contributed by atoms with E-state index >= 15 is 0 Å². The number of ether oxygens (including phenoxy) is 1. The first-order valence-electron chi connectivity index (χ1n) is 8.50. The van der Waals surface area contributed by atoms with Crippen LogP contribution in [0.4, 0.5) is 0 Å². The van der Waals surface area contributed by atoms with Gasteiger partial charge < -0.3 is 10.1 Å². The fourth-order valence-corrected chi connectivity index (χ4v) is 3.30. The molecule has 23 heavy (non-hydrogen) atoms. The number of likely N-dealkylation sites (tertiary alicyclic amines) is 1. The first-order valence-corrected chi connectivity index (χ1v) is 8.50. The number of hydrogen-bond acceptors (Lipinski definition) is 5. The Balaban J connectivity index is 1.43. The number of aromatic nitrogens is 1. The Kier molecular flexibility index (Phi) is 5.96. The quantitative estimate of drug-likeness (QED) is 0.856. The van der Waals surface area contributed by atoms with Crippen LogP contribution in [0, 0.1) is 0 Å². The highest BCUT2D eigenvalue weighted by Gasteiger charge is 2.22. The minimum absolute atomic E-state index is 0.139. The molecule has 2 saturated heterocycles. The summed E-state index contributed by atoms with van der Waals surface area (Å²) >= 11 is 0. The predicted molar refractivity (Wildman–Crippen MR) is 87.9 cm³/mol. The number of carbonyl (C=O) groups is 1. The Labute approximate surface area is 137 Å². The summed E-state index contributed by atoms with van der Waals surface area (Å²) in [7, 11) is 0. The molecule has 6 heteroatoms. The molecule has 1 N–H and O–H groups in total. The van der Waals surface area contributed by atoms with Crippen LogP contribution in [-0.4, -0.2) is 72.7 Å². The number of rotatable bonds is 5. The van der Waals surface area contributed by atoms with Crippen molar-refractivity contribution in [2.24, 2.45) is 0 Å². The van der Waals surface area contributed by atoms with Gasteiger partial charge in [0.2, 0.25) is 5.91 Å². The number of morpholine rings is 1. The lowest BCUT2D eigenvalue weighted by atomic mass is 10.0. The summed E-state index contributed by atoms with van der Waals surface area (Å²) in [6.45, 7) is 6.57. The van der Waals surface area contributed by atoms with E-state index in [9.17, 15) is 4.79 Å². The Morgan fingerprint density at radius 2 is 2.17 bits per heavy atom. The highest BCUT2D eigenvalue weighted by atomic mass is 16.5. The average molecular weight is 318 g/mol. The molecule has 0 radical (unpaired) electrons. The molecule has 3 heterocycles. The number of nitrogens with one attached hydrogen (secondary N) is 1. The van der Waals surface area contributed by atoms with Crippen molar-refractivity contribution in [2.75, 3.05) is 45.9 Å². The third-order valence-corrected chi connectivity index (χ3v) is 4.47. The van der Waals surface area contributed by atoms with E-state index in [0.29, 0.717) is 6.54 Å². The molecule has 0 aliphatic carbocycles. The van der Waals surface area contributed by atoms with Gasteiger partial charge in [-0.25, -0.2) is 0 Å². The first-order chi connectivity index (χ1) is 11.3. The Bertz CT molecular complexity index is 491. The molecule has 1 amide bonds. The lowest BCUT2D eigenvalue weighted by Gasteiger charge is -2.34. The van der Waals surface area contributed by atoms with Crippen molar-refractivity contribution >= 4 is 5.91 Å². The van der Waals surface area contributed by atoms with Gasteiger partial charge in [-0.1, -0.05) is 6.07 Å². The number of pyridine rings is 1. The van der Waals surface area contributed by atoms with Gasteiger partial charge >= 0.3 is 0 Å². The van der Waals surface area contributed by atoms with Crippen LogP contribution in [0.5, 0.6) is 0 Å². The van der Waals surface area contributed by atoms with E-state index in [1.807, 2.05) is 12.3 Å². The van der Waals surface area contributed by atoms with Gasteiger partial charge in [0.1, 0.15) is 0 Å². The zero-order chi connectivity index (χ0) is 15.9. The van der Waals surface area contributed by atoms with Crippen molar-refractivity contribution in [1.82, 2.24) is 20.1 Å². The van der Waals surface area contributed by atoms with Gasteiger partial charge in [-0.15, -0.1) is 0 Å². The lowest BCUT2D eigenvalue weighted by molar-refractivity contribution is -0.124. The second-order valence-corrected chi connectivity index (χ2v) is 6.39. The van der Waals surface area contributed by atoms with Gasteiger partial charge in [0.05, 0.1) is 19.8 Å². The van der Waals surface area contributed by atoms with Crippen LogP contribution in [0.15, 0.2) is 24.5 Å². The molecule has 2 aliphatic heterocycles. The summed E-state index contributed by atoms with van der Waals surface area (Å²) in [5, 5.41) is 3.20. The minimum Gasteiger partial charge on any atom is -0.379 e. The smallest absolute Gasteiger partial charge is 0.234 e. The molecule has 0 bridgehead atoms. The molecule has 3 rings (SSSR count). The van der Waals surface area contributed by atoms with E-state index in [-0.39, 0.29) is 11.9 Å². The van der Waals surface area contributed by atoms with Crippen molar-refractivity contribution in [1.29, 1.82) is 0 Å². The van der Waals surface area contributed by atoms with Crippen LogP contribution >= 0.6 is 0 Å². The summed E-state index contributed by atoms with van der Waals surface area (Å²) < 4.78 is 5.32. The van der Waals surface area contributed by atoms with Crippen molar-refractivity contribution in [3.05, 3.63) is 30.1 Å².